The molecule has 0 radical (unpaired) electrons. The summed E-state index contributed by atoms with van der Waals surface area (Å²) in [4.78, 5) is 4.64. The second-order valence-electron chi connectivity index (χ2n) is 4.47. The molecule has 3 N–H and O–H groups in total. The van der Waals surface area contributed by atoms with Gasteiger partial charge in [-0.1, -0.05) is 25.5 Å². The lowest BCUT2D eigenvalue weighted by Crippen LogP contribution is -2.11. The van der Waals surface area contributed by atoms with Crippen molar-refractivity contribution in [2.45, 2.75) is 33.6 Å². The molecule has 1 heterocycles. The van der Waals surface area contributed by atoms with Gasteiger partial charge < -0.3 is 5.43 Å². The number of pyridine rings is 1. The van der Waals surface area contributed by atoms with Crippen LogP contribution < -0.4 is 11.3 Å². The van der Waals surface area contributed by atoms with Crippen molar-refractivity contribution in [3.8, 4) is 0 Å². The molecule has 0 aliphatic heterocycles. The summed E-state index contributed by atoms with van der Waals surface area (Å²) >= 11 is 0. The second kappa shape index (κ2) is 4.72. The number of nitrogens with one attached hydrogen (secondary N) is 1. The molecule has 0 aliphatic rings. The number of nitrogens with two attached hydrogens (primary N) is 1. The zero-order valence-corrected chi connectivity index (χ0v) is 10.7. The summed E-state index contributed by atoms with van der Waals surface area (Å²) in [5.41, 5.74) is 7.42. The molecule has 0 spiro atoms. The molecule has 0 atom stereocenters. The fourth-order valence-corrected chi connectivity index (χ4v) is 2.11. The Balaban J connectivity index is 2.69. The third-order valence-corrected chi connectivity index (χ3v) is 3.25. The van der Waals surface area contributed by atoms with Crippen molar-refractivity contribution in [1.29, 1.82) is 0 Å². The van der Waals surface area contributed by atoms with E-state index in [1.807, 2.05) is 0 Å². The molecule has 3 nitrogen and oxygen atoms in total. The second-order valence-corrected chi connectivity index (χ2v) is 4.47. The maximum Gasteiger partial charge on any atom is 0.143 e. The van der Waals surface area contributed by atoms with Gasteiger partial charge >= 0.3 is 0 Å². The summed E-state index contributed by atoms with van der Waals surface area (Å²) in [7, 11) is 0. The number of nitrogen functional groups attached to an aromatic ring is 1. The van der Waals surface area contributed by atoms with E-state index in [0.29, 0.717) is 0 Å². The number of anilines is 1. The van der Waals surface area contributed by atoms with Crippen LogP contribution in [0, 0.1) is 13.8 Å². The number of aryl methyl sites for hydroxylation is 3. The van der Waals surface area contributed by atoms with Crippen molar-refractivity contribution in [3.63, 3.8) is 0 Å². The van der Waals surface area contributed by atoms with Crippen LogP contribution in [0.2, 0.25) is 0 Å². The highest BCUT2D eigenvalue weighted by atomic mass is 15.2. The van der Waals surface area contributed by atoms with E-state index in [1.54, 1.807) is 0 Å². The van der Waals surface area contributed by atoms with Crippen LogP contribution in [0.3, 0.4) is 0 Å². The molecule has 1 aromatic heterocycles. The van der Waals surface area contributed by atoms with Crippen LogP contribution in [0.25, 0.3) is 10.9 Å². The van der Waals surface area contributed by atoms with E-state index in [4.69, 9.17) is 5.84 Å². The van der Waals surface area contributed by atoms with Gasteiger partial charge in [0.05, 0.1) is 5.52 Å². The standard InChI is InChI=1S/C14H19N3/c1-4-5-12-8-11-7-6-9(2)10(3)13(11)16-14(12)17-15/h6-8H,4-5,15H2,1-3H3,(H,16,17). The summed E-state index contributed by atoms with van der Waals surface area (Å²) in [6.07, 6.45) is 2.09. The lowest BCUT2D eigenvalue weighted by molar-refractivity contribution is 0.916. The lowest BCUT2D eigenvalue weighted by Gasteiger charge is -2.11. The first-order valence-electron chi connectivity index (χ1n) is 6.03. The Bertz CT molecular complexity index is 547. The highest BCUT2D eigenvalue weighted by Gasteiger charge is 2.08. The number of rotatable bonds is 3. The number of aromatic nitrogens is 1. The molecule has 1 aromatic carbocycles. The Kier molecular flexibility index (Phi) is 3.29. The molecule has 0 unspecified atom stereocenters. The van der Waals surface area contributed by atoms with Crippen LogP contribution in [0.1, 0.15) is 30.0 Å². The van der Waals surface area contributed by atoms with Crippen molar-refractivity contribution in [2.75, 3.05) is 5.43 Å². The van der Waals surface area contributed by atoms with Gasteiger partial charge in [-0.05, 0) is 43.0 Å². The van der Waals surface area contributed by atoms with Gasteiger partial charge in [0.2, 0.25) is 0 Å². The van der Waals surface area contributed by atoms with Crippen LogP contribution in [-0.2, 0) is 6.42 Å². The van der Waals surface area contributed by atoms with E-state index in [1.165, 1.54) is 22.1 Å². The van der Waals surface area contributed by atoms with Crippen molar-refractivity contribution in [3.05, 3.63) is 34.9 Å². The number of hydrogen-bond acceptors (Lipinski definition) is 3. The molecule has 0 bridgehead atoms. The van der Waals surface area contributed by atoms with Crippen LogP contribution in [0.15, 0.2) is 18.2 Å². The number of hydrogen-bond donors (Lipinski definition) is 2. The molecule has 0 fully saturated rings. The Hall–Kier alpha value is -1.61. The van der Waals surface area contributed by atoms with E-state index in [2.05, 4.69) is 49.4 Å². The number of benzene rings is 1. The van der Waals surface area contributed by atoms with E-state index in [-0.39, 0.29) is 0 Å². The monoisotopic (exact) mass is 229 g/mol. The number of hydrazine groups is 1. The zero-order valence-electron chi connectivity index (χ0n) is 10.7. The van der Waals surface area contributed by atoms with Crippen molar-refractivity contribution < 1.29 is 0 Å². The Labute approximate surface area is 102 Å². The maximum atomic E-state index is 5.55. The predicted molar refractivity (Wildman–Crippen MR) is 73.0 cm³/mol. The summed E-state index contributed by atoms with van der Waals surface area (Å²) < 4.78 is 0. The first-order valence-corrected chi connectivity index (χ1v) is 6.03. The minimum absolute atomic E-state index is 0.799. The average molecular weight is 229 g/mol. The van der Waals surface area contributed by atoms with E-state index >= 15 is 0 Å². The Morgan fingerprint density at radius 2 is 2.06 bits per heavy atom. The average Bonchev–Trinajstić information content (AvgIpc) is 2.34. The normalized spacial score (nSPS) is 10.8. The number of fused-ring (bicyclic) bond motifs is 1. The lowest BCUT2D eigenvalue weighted by atomic mass is 10.0. The summed E-state index contributed by atoms with van der Waals surface area (Å²) in [5, 5.41) is 1.19. The van der Waals surface area contributed by atoms with Gasteiger partial charge in [0.15, 0.2) is 0 Å². The highest BCUT2D eigenvalue weighted by Crippen LogP contribution is 2.25. The van der Waals surface area contributed by atoms with Crippen LogP contribution in [-0.4, -0.2) is 4.98 Å². The smallest absolute Gasteiger partial charge is 0.143 e. The minimum Gasteiger partial charge on any atom is -0.308 e. The summed E-state index contributed by atoms with van der Waals surface area (Å²) in [5.74, 6) is 6.35. The van der Waals surface area contributed by atoms with Gasteiger partial charge in [-0.2, -0.15) is 0 Å². The van der Waals surface area contributed by atoms with E-state index in [0.717, 1.165) is 24.2 Å². The Morgan fingerprint density at radius 1 is 1.29 bits per heavy atom. The SMILES string of the molecule is CCCc1cc2ccc(C)c(C)c2nc1NN. The topological polar surface area (TPSA) is 50.9 Å². The molecule has 3 heteroatoms. The van der Waals surface area contributed by atoms with Gasteiger partial charge in [-0.3, -0.25) is 0 Å². The third-order valence-electron chi connectivity index (χ3n) is 3.25. The van der Waals surface area contributed by atoms with Crippen LogP contribution in [0.4, 0.5) is 5.82 Å². The molecule has 2 aromatic rings. The fraction of sp³-hybridized carbons (Fsp3) is 0.357. The zero-order chi connectivity index (χ0) is 12.4. The van der Waals surface area contributed by atoms with E-state index in [9.17, 15) is 0 Å². The molecule has 0 amide bonds. The molecule has 17 heavy (non-hydrogen) atoms. The molecular weight excluding hydrogens is 210 g/mol. The molecule has 0 saturated heterocycles. The predicted octanol–water partition coefficient (Wildman–Crippen LogP) is 3.09. The van der Waals surface area contributed by atoms with Gasteiger partial charge in [0.1, 0.15) is 5.82 Å². The van der Waals surface area contributed by atoms with E-state index < -0.39 is 0 Å². The van der Waals surface area contributed by atoms with Crippen molar-refractivity contribution in [1.82, 2.24) is 4.98 Å². The Morgan fingerprint density at radius 3 is 2.71 bits per heavy atom. The molecule has 0 aliphatic carbocycles. The van der Waals surface area contributed by atoms with Gasteiger partial charge in [-0.15, -0.1) is 0 Å². The molecule has 90 valence electrons. The fourth-order valence-electron chi connectivity index (χ4n) is 2.11. The third kappa shape index (κ3) is 2.11. The van der Waals surface area contributed by atoms with Gasteiger partial charge in [0, 0.05) is 5.39 Å². The highest BCUT2D eigenvalue weighted by molar-refractivity contribution is 5.85. The van der Waals surface area contributed by atoms with Crippen molar-refractivity contribution >= 4 is 16.7 Å². The largest absolute Gasteiger partial charge is 0.308 e. The minimum atomic E-state index is 0.799. The van der Waals surface area contributed by atoms with Crippen molar-refractivity contribution in [2.24, 2.45) is 5.84 Å². The first-order chi connectivity index (χ1) is 8.17. The molecule has 2 rings (SSSR count). The van der Waals surface area contributed by atoms with Gasteiger partial charge in [0.25, 0.3) is 0 Å². The molecule has 0 saturated carbocycles. The summed E-state index contributed by atoms with van der Waals surface area (Å²) in [6, 6.07) is 6.46. The van der Waals surface area contributed by atoms with Gasteiger partial charge in [-0.25, -0.2) is 10.8 Å². The quantitative estimate of drug-likeness (QED) is 0.628. The molecular formula is C14H19N3. The first kappa shape index (κ1) is 11.9. The maximum absolute atomic E-state index is 5.55. The number of nitrogens with zero attached hydrogens (tertiary/aromatic N) is 1. The van der Waals surface area contributed by atoms with Crippen LogP contribution >= 0.6 is 0 Å². The van der Waals surface area contributed by atoms with Crippen LogP contribution in [0.5, 0.6) is 0 Å². The summed E-state index contributed by atoms with van der Waals surface area (Å²) in [6.45, 7) is 6.36.